The minimum absolute atomic E-state index is 0.0233. The van der Waals surface area contributed by atoms with Gasteiger partial charge in [-0.2, -0.15) is 0 Å². The fraction of sp³-hybridized carbons (Fsp3) is 0.519. The molecule has 5 rings (SSSR count). The number of sulfonamides is 1. The van der Waals surface area contributed by atoms with Crippen LogP contribution < -0.4 is 10.5 Å². The number of esters is 1. The minimum Gasteiger partial charge on any atom is -0.508 e. The summed E-state index contributed by atoms with van der Waals surface area (Å²) in [6.45, 7) is 2.39. The normalized spacial score (nSPS) is 31.2. The van der Waals surface area contributed by atoms with Crippen LogP contribution in [0.25, 0.3) is 0 Å². The number of phenolic OH excluding ortho intramolecular Hbond substituents is 1. The summed E-state index contributed by atoms with van der Waals surface area (Å²) in [6, 6.07) is 12.0. The van der Waals surface area contributed by atoms with Crippen molar-refractivity contribution in [1.29, 1.82) is 0 Å². The number of phenols is 1. The van der Waals surface area contributed by atoms with Gasteiger partial charge >= 0.3 is 5.97 Å². The van der Waals surface area contributed by atoms with E-state index in [-0.39, 0.29) is 29.3 Å². The summed E-state index contributed by atoms with van der Waals surface area (Å²) >= 11 is 0. The molecule has 3 unspecified atom stereocenters. The first kappa shape index (κ1) is 25.2. The van der Waals surface area contributed by atoms with Gasteiger partial charge in [0.1, 0.15) is 11.9 Å². The van der Waals surface area contributed by atoms with Crippen LogP contribution in [0.1, 0.15) is 55.2 Å². The first-order chi connectivity index (χ1) is 17.1. The van der Waals surface area contributed by atoms with E-state index in [2.05, 4.69) is 18.3 Å². The van der Waals surface area contributed by atoms with Crippen molar-refractivity contribution in [2.45, 2.75) is 68.6 Å². The van der Waals surface area contributed by atoms with Gasteiger partial charge in [0.2, 0.25) is 10.0 Å². The molecule has 8 nitrogen and oxygen atoms in total. The molecule has 3 aliphatic rings. The number of hydrogen-bond acceptors (Lipinski definition) is 7. The first-order valence-electron chi connectivity index (χ1n) is 12.6. The van der Waals surface area contributed by atoms with E-state index in [0.29, 0.717) is 29.6 Å². The van der Waals surface area contributed by atoms with Crippen molar-refractivity contribution in [2.24, 2.45) is 22.4 Å². The van der Waals surface area contributed by atoms with Gasteiger partial charge < -0.3 is 20.3 Å². The Morgan fingerprint density at radius 3 is 2.81 bits per heavy atom. The predicted molar refractivity (Wildman–Crippen MR) is 134 cm³/mol. The molecule has 36 heavy (non-hydrogen) atoms. The number of ether oxygens (including phenoxy) is 1. The zero-order chi connectivity index (χ0) is 25.7. The van der Waals surface area contributed by atoms with Gasteiger partial charge in [-0.05, 0) is 90.8 Å². The fourth-order valence-corrected chi connectivity index (χ4v) is 7.66. The molecular formula is C27H34N2O6S. The fourth-order valence-electron chi connectivity index (χ4n) is 7.07. The molecule has 0 heterocycles. The van der Waals surface area contributed by atoms with E-state index in [1.54, 1.807) is 18.2 Å². The summed E-state index contributed by atoms with van der Waals surface area (Å²) in [7, 11) is -3.79. The van der Waals surface area contributed by atoms with Crippen LogP contribution in [0.5, 0.6) is 5.75 Å². The second-order valence-corrected chi connectivity index (χ2v) is 12.4. The third kappa shape index (κ3) is 4.65. The second kappa shape index (κ2) is 9.45. The van der Waals surface area contributed by atoms with E-state index >= 15 is 0 Å². The number of primary sulfonamides is 1. The number of carbonyl (C=O) groups excluding carboxylic acids is 1. The van der Waals surface area contributed by atoms with Crippen LogP contribution in [0.2, 0.25) is 0 Å². The van der Waals surface area contributed by atoms with Gasteiger partial charge in [0, 0.05) is 12.0 Å². The highest BCUT2D eigenvalue weighted by Gasteiger charge is 2.59. The Hall–Kier alpha value is -2.46. The molecule has 0 bridgehead atoms. The van der Waals surface area contributed by atoms with Crippen LogP contribution in [0.4, 0.5) is 0 Å². The van der Waals surface area contributed by atoms with E-state index in [1.807, 2.05) is 6.07 Å². The summed E-state index contributed by atoms with van der Waals surface area (Å²) in [4.78, 5) is 12.7. The number of aryl methyl sites for hydroxylation is 1. The molecule has 194 valence electrons. The van der Waals surface area contributed by atoms with Crippen molar-refractivity contribution in [2.75, 3.05) is 6.54 Å². The molecule has 0 aliphatic heterocycles. The maximum atomic E-state index is 12.7. The lowest BCUT2D eigenvalue weighted by Gasteiger charge is -2.50. The van der Waals surface area contributed by atoms with E-state index in [4.69, 9.17) is 9.88 Å². The molecule has 2 saturated carbocycles. The van der Waals surface area contributed by atoms with Crippen molar-refractivity contribution < 1.29 is 28.2 Å². The van der Waals surface area contributed by atoms with E-state index < -0.39 is 28.2 Å². The molecule has 0 saturated heterocycles. The molecule has 0 aromatic heterocycles. The molecule has 0 amide bonds. The largest absolute Gasteiger partial charge is 0.508 e. The molecule has 2 fully saturated rings. The van der Waals surface area contributed by atoms with Crippen LogP contribution in [0.15, 0.2) is 47.4 Å². The van der Waals surface area contributed by atoms with Crippen LogP contribution in [0.3, 0.4) is 0 Å². The number of fused-ring (bicyclic) bond motifs is 5. The molecule has 2 aromatic carbocycles. The topological polar surface area (TPSA) is 139 Å². The van der Waals surface area contributed by atoms with Crippen molar-refractivity contribution in [3.8, 4) is 5.75 Å². The summed E-state index contributed by atoms with van der Waals surface area (Å²) in [5.74, 6) is 0.962. The molecule has 6 atom stereocenters. The standard InChI is InChI=1S/C27H34N2O6S/c1-27-10-9-21-20-8-6-18(30)12-17(20)5-7-22(21)23(27)13-24(31)26(27)35-25(32)15-29-14-16-3-2-4-19(11-16)36(28,33)34/h2-4,6,8,11-12,21-24,26,29-31H,5,7,9-10,13-15H2,1H3,(H2,28,33,34)/t21?,22?,23?,24-,26+,27+/m1/s1. The van der Waals surface area contributed by atoms with Crippen LogP contribution in [-0.2, 0) is 32.5 Å². The number of rotatable bonds is 6. The molecular weight excluding hydrogens is 480 g/mol. The lowest BCUT2D eigenvalue weighted by atomic mass is 9.55. The Kier molecular flexibility index (Phi) is 6.61. The van der Waals surface area contributed by atoms with E-state index in [1.165, 1.54) is 23.3 Å². The number of nitrogens with two attached hydrogens (primary N) is 1. The Morgan fingerprint density at radius 2 is 2.03 bits per heavy atom. The summed E-state index contributed by atoms with van der Waals surface area (Å²) in [5.41, 5.74) is 2.94. The van der Waals surface area contributed by atoms with Crippen molar-refractivity contribution in [3.05, 3.63) is 59.2 Å². The van der Waals surface area contributed by atoms with Gasteiger partial charge in [-0.25, -0.2) is 13.6 Å². The molecule has 3 aliphatic carbocycles. The number of aromatic hydroxyl groups is 1. The zero-order valence-electron chi connectivity index (χ0n) is 20.4. The monoisotopic (exact) mass is 514 g/mol. The highest BCUT2D eigenvalue weighted by molar-refractivity contribution is 7.89. The van der Waals surface area contributed by atoms with E-state index in [9.17, 15) is 23.4 Å². The van der Waals surface area contributed by atoms with Gasteiger partial charge in [0.25, 0.3) is 0 Å². The maximum Gasteiger partial charge on any atom is 0.320 e. The molecule has 5 N–H and O–H groups in total. The average Bonchev–Trinajstić information content (AvgIpc) is 3.08. The van der Waals surface area contributed by atoms with Crippen molar-refractivity contribution >= 4 is 16.0 Å². The SMILES string of the molecule is C[C@]12CCC3c4ccc(O)cc4CCC3C1C[C@@H](O)[C@@H]2OC(=O)CNCc1cccc(S(N)(=O)=O)c1. The first-order valence-corrected chi connectivity index (χ1v) is 14.1. The average molecular weight is 515 g/mol. The Bertz CT molecular complexity index is 1260. The Balaban J connectivity index is 1.22. The minimum atomic E-state index is -3.79. The lowest BCUT2D eigenvalue weighted by Crippen LogP contribution is -2.47. The second-order valence-electron chi connectivity index (χ2n) is 10.9. The third-order valence-electron chi connectivity index (χ3n) is 8.73. The number of aliphatic hydroxyl groups is 1. The molecule has 0 radical (unpaired) electrons. The van der Waals surface area contributed by atoms with Crippen molar-refractivity contribution in [1.82, 2.24) is 5.32 Å². The number of benzene rings is 2. The zero-order valence-corrected chi connectivity index (χ0v) is 21.2. The van der Waals surface area contributed by atoms with Gasteiger partial charge in [-0.15, -0.1) is 0 Å². The smallest absolute Gasteiger partial charge is 0.320 e. The van der Waals surface area contributed by atoms with Gasteiger partial charge in [-0.3, -0.25) is 4.79 Å². The molecule has 2 aromatic rings. The maximum absolute atomic E-state index is 12.7. The number of aliphatic hydroxyl groups excluding tert-OH is 1. The van der Waals surface area contributed by atoms with E-state index in [0.717, 1.165) is 25.7 Å². The number of carbonyl (C=O) groups is 1. The highest BCUT2D eigenvalue weighted by Crippen LogP contribution is 2.61. The Labute approximate surface area is 211 Å². The predicted octanol–water partition coefficient (Wildman–Crippen LogP) is 2.57. The van der Waals surface area contributed by atoms with Gasteiger partial charge in [0.15, 0.2) is 0 Å². The molecule has 9 heteroatoms. The van der Waals surface area contributed by atoms with Gasteiger partial charge in [-0.1, -0.05) is 25.1 Å². The summed E-state index contributed by atoms with van der Waals surface area (Å²) in [5, 5.41) is 29.0. The number of hydrogen-bond donors (Lipinski definition) is 4. The van der Waals surface area contributed by atoms with Crippen LogP contribution in [0, 0.1) is 17.3 Å². The number of nitrogens with one attached hydrogen (secondary N) is 1. The summed E-state index contributed by atoms with van der Waals surface area (Å²) < 4.78 is 29.0. The molecule has 0 spiro atoms. The van der Waals surface area contributed by atoms with Crippen LogP contribution >= 0.6 is 0 Å². The quantitative estimate of drug-likeness (QED) is 0.435. The highest BCUT2D eigenvalue weighted by atomic mass is 32.2. The lowest BCUT2D eigenvalue weighted by molar-refractivity contribution is -0.162. The van der Waals surface area contributed by atoms with Gasteiger partial charge in [0.05, 0.1) is 17.5 Å². The van der Waals surface area contributed by atoms with Crippen LogP contribution in [-0.4, -0.2) is 43.4 Å². The summed E-state index contributed by atoms with van der Waals surface area (Å²) in [6.07, 6.45) is 3.12. The van der Waals surface area contributed by atoms with Crippen molar-refractivity contribution in [3.63, 3.8) is 0 Å². The Morgan fingerprint density at radius 1 is 1.22 bits per heavy atom. The third-order valence-corrected chi connectivity index (χ3v) is 9.64.